The van der Waals surface area contributed by atoms with Crippen LogP contribution in [0.1, 0.15) is 57.2 Å². The molecule has 25 heavy (non-hydrogen) atoms. The number of hydrogen-bond acceptors (Lipinski definition) is 5. The average Bonchev–Trinajstić information content (AvgIpc) is 3.22. The molecule has 1 aliphatic heterocycles. The van der Waals surface area contributed by atoms with Gasteiger partial charge in [-0.2, -0.15) is 4.98 Å². The first-order valence-corrected chi connectivity index (χ1v) is 8.47. The van der Waals surface area contributed by atoms with Crippen LogP contribution in [0.4, 0.5) is 4.39 Å². The first-order valence-electron chi connectivity index (χ1n) is 8.47. The lowest BCUT2D eigenvalue weighted by Gasteiger charge is -2.27. The lowest BCUT2D eigenvalue weighted by molar-refractivity contribution is 0.298. The Hall–Kier alpha value is -2.57. The quantitative estimate of drug-likeness (QED) is 0.711. The van der Waals surface area contributed by atoms with Gasteiger partial charge < -0.3 is 9.09 Å². The third-order valence-electron chi connectivity index (χ3n) is 4.46. The largest absolute Gasteiger partial charge is 0.337 e. The van der Waals surface area contributed by atoms with Gasteiger partial charge in [-0.1, -0.05) is 25.9 Å². The Morgan fingerprint density at radius 2 is 1.92 bits per heavy atom. The first-order chi connectivity index (χ1) is 11.9. The number of rotatable bonds is 2. The van der Waals surface area contributed by atoms with Crippen LogP contribution in [0.3, 0.4) is 0 Å². The molecule has 0 radical (unpaired) electrons. The number of aromatic nitrogens is 5. The van der Waals surface area contributed by atoms with Crippen LogP contribution < -0.4 is 0 Å². The molecule has 0 amide bonds. The maximum absolute atomic E-state index is 13.1. The summed E-state index contributed by atoms with van der Waals surface area (Å²) in [6.07, 6.45) is 2.80. The van der Waals surface area contributed by atoms with E-state index >= 15 is 0 Å². The highest BCUT2D eigenvalue weighted by atomic mass is 19.1. The van der Waals surface area contributed by atoms with Crippen molar-refractivity contribution in [3.8, 4) is 11.4 Å². The molecule has 7 heteroatoms. The smallest absolute Gasteiger partial charge is 0.250 e. The van der Waals surface area contributed by atoms with E-state index in [4.69, 9.17) is 4.52 Å². The minimum absolute atomic E-state index is 0.0605. The standard InChI is InChI=1S/C18H20FN5O/c1-18(2,3)17-22-21-14-6-4-5-13(24(14)17)16-20-15(23-25-16)11-7-9-12(19)10-8-11/h7-10,13H,4-6H2,1-3H3. The number of benzene rings is 1. The van der Waals surface area contributed by atoms with Crippen LogP contribution in [0.5, 0.6) is 0 Å². The second-order valence-electron chi connectivity index (χ2n) is 7.43. The maximum atomic E-state index is 13.1. The molecule has 0 N–H and O–H groups in total. The number of nitrogens with zero attached hydrogens (tertiary/aromatic N) is 5. The highest BCUT2D eigenvalue weighted by Gasteiger charge is 2.34. The lowest BCUT2D eigenvalue weighted by atomic mass is 9.93. The van der Waals surface area contributed by atoms with Crippen LogP contribution in [-0.2, 0) is 11.8 Å². The molecule has 0 saturated carbocycles. The summed E-state index contributed by atoms with van der Waals surface area (Å²) in [6.45, 7) is 6.36. The van der Waals surface area contributed by atoms with Gasteiger partial charge in [0.05, 0.1) is 0 Å². The second kappa shape index (κ2) is 5.75. The third-order valence-corrected chi connectivity index (χ3v) is 4.46. The van der Waals surface area contributed by atoms with E-state index in [1.54, 1.807) is 12.1 Å². The van der Waals surface area contributed by atoms with Gasteiger partial charge in [0.1, 0.15) is 23.5 Å². The molecule has 0 fully saturated rings. The van der Waals surface area contributed by atoms with E-state index in [2.05, 4.69) is 45.7 Å². The van der Waals surface area contributed by atoms with Gasteiger partial charge in [0, 0.05) is 17.4 Å². The minimum Gasteiger partial charge on any atom is -0.337 e. The molecular formula is C18H20FN5O. The van der Waals surface area contributed by atoms with Crippen LogP contribution in [0.15, 0.2) is 28.8 Å². The fraction of sp³-hybridized carbons (Fsp3) is 0.444. The zero-order chi connectivity index (χ0) is 17.6. The second-order valence-corrected chi connectivity index (χ2v) is 7.43. The van der Waals surface area contributed by atoms with Crippen molar-refractivity contribution >= 4 is 0 Å². The van der Waals surface area contributed by atoms with Gasteiger partial charge in [-0.15, -0.1) is 10.2 Å². The van der Waals surface area contributed by atoms with E-state index in [1.165, 1.54) is 12.1 Å². The summed E-state index contributed by atoms with van der Waals surface area (Å²) in [6, 6.07) is 6.02. The highest BCUT2D eigenvalue weighted by molar-refractivity contribution is 5.53. The van der Waals surface area contributed by atoms with E-state index in [0.717, 1.165) is 36.5 Å². The normalized spacial score (nSPS) is 17.5. The SMILES string of the molecule is CC(C)(C)c1nnc2n1C(c1nc(-c3ccc(F)cc3)no1)CCC2. The van der Waals surface area contributed by atoms with Gasteiger partial charge in [-0.25, -0.2) is 4.39 Å². The van der Waals surface area contributed by atoms with Crippen molar-refractivity contribution < 1.29 is 8.91 Å². The van der Waals surface area contributed by atoms with Gasteiger partial charge in [0.2, 0.25) is 11.7 Å². The zero-order valence-electron chi connectivity index (χ0n) is 14.5. The van der Waals surface area contributed by atoms with E-state index < -0.39 is 0 Å². The highest BCUT2D eigenvalue weighted by Crippen LogP contribution is 2.34. The number of aryl methyl sites for hydroxylation is 1. The Bertz CT molecular complexity index is 891. The molecule has 1 aromatic carbocycles. The molecule has 0 aliphatic carbocycles. The number of halogens is 1. The first kappa shape index (κ1) is 15.9. The molecule has 0 spiro atoms. The Morgan fingerprint density at radius 3 is 2.64 bits per heavy atom. The monoisotopic (exact) mass is 341 g/mol. The Kier molecular flexibility index (Phi) is 3.67. The van der Waals surface area contributed by atoms with E-state index in [0.29, 0.717) is 11.7 Å². The van der Waals surface area contributed by atoms with Crippen molar-refractivity contribution in [3.63, 3.8) is 0 Å². The average molecular weight is 341 g/mol. The Morgan fingerprint density at radius 1 is 1.16 bits per heavy atom. The van der Waals surface area contributed by atoms with Gasteiger partial charge in [0.15, 0.2) is 0 Å². The topological polar surface area (TPSA) is 69.6 Å². The van der Waals surface area contributed by atoms with Crippen molar-refractivity contribution in [2.75, 3.05) is 0 Å². The van der Waals surface area contributed by atoms with Crippen molar-refractivity contribution in [2.24, 2.45) is 0 Å². The molecule has 4 rings (SSSR count). The molecule has 1 unspecified atom stereocenters. The number of fused-ring (bicyclic) bond motifs is 1. The molecule has 0 bridgehead atoms. The van der Waals surface area contributed by atoms with E-state index in [9.17, 15) is 4.39 Å². The van der Waals surface area contributed by atoms with Crippen molar-refractivity contribution in [2.45, 2.75) is 51.5 Å². The van der Waals surface area contributed by atoms with Crippen LogP contribution in [0, 0.1) is 5.82 Å². The summed E-state index contributed by atoms with van der Waals surface area (Å²) in [5, 5.41) is 12.8. The van der Waals surface area contributed by atoms with Crippen molar-refractivity contribution in [1.82, 2.24) is 24.9 Å². The fourth-order valence-corrected chi connectivity index (χ4v) is 3.24. The summed E-state index contributed by atoms with van der Waals surface area (Å²) in [5.74, 6) is 2.61. The van der Waals surface area contributed by atoms with Gasteiger partial charge in [0.25, 0.3) is 0 Å². The minimum atomic E-state index is -0.288. The Labute approximate surface area is 145 Å². The zero-order valence-corrected chi connectivity index (χ0v) is 14.5. The van der Waals surface area contributed by atoms with Gasteiger partial charge >= 0.3 is 0 Å². The molecule has 3 aromatic rings. The van der Waals surface area contributed by atoms with Crippen LogP contribution in [-0.4, -0.2) is 24.9 Å². The summed E-state index contributed by atoms with van der Waals surface area (Å²) >= 11 is 0. The lowest BCUT2D eigenvalue weighted by Crippen LogP contribution is -2.26. The third kappa shape index (κ3) is 2.83. The predicted octanol–water partition coefficient (Wildman–Crippen LogP) is 3.69. The summed E-state index contributed by atoms with van der Waals surface area (Å²) < 4.78 is 20.8. The van der Waals surface area contributed by atoms with Crippen molar-refractivity contribution in [1.29, 1.82) is 0 Å². The predicted molar refractivity (Wildman–Crippen MR) is 89.5 cm³/mol. The van der Waals surface area contributed by atoms with Crippen LogP contribution >= 0.6 is 0 Å². The molecule has 6 nitrogen and oxygen atoms in total. The maximum Gasteiger partial charge on any atom is 0.250 e. The fourth-order valence-electron chi connectivity index (χ4n) is 3.24. The van der Waals surface area contributed by atoms with Crippen LogP contribution in [0.25, 0.3) is 11.4 Å². The molecule has 1 aliphatic rings. The molecular weight excluding hydrogens is 321 g/mol. The van der Waals surface area contributed by atoms with E-state index in [-0.39, 0.29) is 17.3 Å². The van der Waals surface area contributed by atoms with E-state index in [1.807, 2.05) is 0 Å². The Balaban J connectivity index is 1.73. The molecule has 0 saturated heterocycles. The molecule has 2 aromatic heterocycles. The summed E-state index contributed by atoms with van der Waals surface area (Å²) in [5.41, 5.74) is 0.605. The van der Waals surface area contributed by atoms with Gasteiger partial charge in [-0.05, 0) is 37.1 Å². The van der Waals surface area contributed by atoms with Gasteiger partial charge in [-0.3, -0.25) is 0 Å². The summed E-state index contributed by atoms with van der Waals surface area (Å²) in [4.78, 5) is 4.56. The molecule has 1 atom stereocenters. The molecule has 130 valence electrons. The molecule has 3 heterocycles. The van der Waals surface area contributed by atoms with Crippen LogP contribution in [0.2, 0.25) is 0 Å². The summed E-state index contributed by atoms with van der Waals surface area (Å²) in [7, 11) is 0. The number of hydrogen-bond donors (Lipinski definition) is 0. The van der Waals surface area contributed by atoms with Crippen molar-refractivity contribution in [3.05, 3.63) is 47.6 Å².